The minimum absolute atomic E-state index is 0.0134. The summed E-state index contributed by atoms with van der Waals surface area (Å²) in [7, 11) is 0. The highest BCUT2D eigenvalue weighted by Crippen LogP contribution is 2.28. The molecule has 0 fully saturated rings. The third-order valence-electron chi connectivity index (χ3n) is 3.54. The van der Waals surface area contributed by atoms with Crippen LogP contribution >= 0.6 is 23.1 Å². The van der Waals surface area contributed by atoms with Gasteiger partial charge in [0, 0.05) is 11.3 Å². The first-order valence-corrected chi connectivity index (χ1v) is 9.29. The van der Waals surface area contributed by atoms with Gasteiger partial charge in [0.15, 0.2) is 10.9 Å². The Balaban J connectivity index is 1.68. The van der Waals surface area contributed by atoms with Crippen molar-refractivity contribution in [1.82, 2.24) is 9.97 Å². The molecule has 25 heavy (non-hydrogen) atoms. The molecule has 0 aliphatic rings. The molecule has 128 valence electrons. The fourth-order valence-corrected chi connectivity index (χ4v) is 3.76. The van der Waals surface area contributed by atoms with Crippen LogP contribution in [0, 0.1) is 0 Å². The number of thioether (sulfide) groups is 1. The van der Waals surface area contributed by atoms with E-state index in [9.17, 15) is 9.59 Å². The van der Waals surface area contributed by atoms with Gasteiger partial charge in [-0.1, -0.05) is 11.8 Å². The predicted octanol–water partition coefficient (Wildman–Crippen LogP) is 3.60. The van der Waals surface area contributed by atoms with Crippen LogP contribution in [-0.2, 0) is 4.79 Å². The highest BCUT2D eigenvalue weighted by atomic mass is 32.2. The molecule has 8 heteroatoms. The van der Waals surface area contributed by atoms with E-state index in [1.165, 1.54) is 30.0 Å². The minimum Gasteiger partial charge on any atom is -0.383 e. The van der Waals surface area contributed by atoms with Gasteiger partial charge in [0.05, 0.1) is 10.6 Å². The summed E-state index contributed by atoms with van der Waals surface area (Å²) in [6.45, 7) is 3.28. The fraction of sp³-hybridized carbons (Fsp3) is 0.176. The molecule has 1 aromatic carbocycles. The van der Waals surface area contributed by atoms with E-state index >= 15 is 0 Å². The molecule has 0 aliphatic heterocycles. The summed E-state index contributed by atoms with van der Waals surface area (Å²) in [5.41, 5.74) is 7.17. The van der Waals surface area contributed by atoms with Crippen LogP contribution in [0.25, 0.3) is 10.2 Å². The van der Waals surface area contributed by atoms with Crippen LogP contribution in [-0.4, -0.2) is 26.9 Å². The SMILES string of the molecule is CC(=O)c1ccc(NC(=O)[C@@H](C)Sc2nc(N)c3ccsc3n2)cc1. The summed E-state index contributed by atoms with van der Waals surface area (Å²) in [5.74, 6) is 0.232. The van der Waals surface area contributed by atoms with Crippen LogP contribution in [0.5, 0.6) is 0 Å². The highest BCUT2D eigenvalue weighted by Gasteiger charge is 2.17. The molecular weight excluding hydrogens is 356 g/mol. The van der Waals surface area contributed by atoms with Crippen molar-refractivity contribution < 1.29 is 9.59 Å². The van der Waals surface area contributed by atoms with Crippen LogP contribution in [0.1, 0.15) is 24.2 Å². The average Bonchev–Trinajstić information content (AvgIpc) is 3.04. The molecular formula is C17H16N4O2S2. The summed E-state index contributed by atoms with van der Waals surface area (Å²) in [6, 6.07) is 8.66. The second-order valence-corrected chi connectivity index (χ2v) is 7.62. The van der Waals surface area contributed by atoms with Gasteiger partial charge >= 0.3 is 0 Å². The van der Waals surface area contributed by atoms with Gasteiger partial charge in [-0.05, 0) is 49.6 Å². The summed E-state index contributed by atoms with van der Waals surface area (Å²) in [4.78, 5) is 33.1. The van der Waals surface area contributed by atoms with Gasteiger partial charge in [-0.25, -0.2) is 9.97 Å². The van der Waals surface area contributed by atoms with Crippen molar-refractivity contribution in [3.63, 3.8) is 0 Å². The van der Waals surface area contributed by atoms with E-state index in [4.69, 9.17) is 5.73 Å². The van der Waals surface area contributed by atoms with Gasteiger partial charge in [0.2, 0.25) is 5.91 Å². The maximum atomic E-state index is 12.4. The standard InChI is InChI=1S/C17H16N4O2S2/c1-9(22)11-3-5-12(6-4-11)19-15(23)10(2)25-17-20-14(18)13-7-8-24-16(13)21-17/h3-8,10H,1-2H3,(H,19,23)(H2,18,20,21)/t10-/m1/s1. The Hall–Kier alpha value is -2.45. The topological polar surface area (TPSA) is 98.0 Å². The van der Waals surface area contributed by atoms with Gasteiger partial charge in [-0.2, -0.15) is 0 Å². The minimum atomic E-state index is -0.399. The Labute approximate surface area is 152 Å². The number of benzene rings is 1. The van der Waals surface area contributed by atoms with E-state index in [1.807, 2.05) is 11.4 Å². The summed E-state index contributed by atoms with van der Waals surface area (Å²) >= 11 is 2.73. The number of thiophene rings is 1. The van der Waals surface area contributed by atoms with Crippen molar-refractivity contribution in [2.75, 3.05) is 11.1 Å². The number of nitrogens with one attached hydrogen (secondary N) is 1. The summed E-state index contributed by atoms with van der Waals surface area (Å²) in [6.07, 6.45) is 0. The van der Waals surface area contributed by atoms with Crippen LogP contribution in [0.2, 0.25) is 0 Å². The zero-order chi connectivity index (χ0) is 18.0. The molecule has 3 N–H and O–H groups in total. The lowest BCUT2D eigenvalue weighted by Gasteiger charge is -2.11. The molecule has 6 nitrogen and oxygen atoms in total. The van der Waals surface area contributed by atoms with Crippen LogP contribution in [0.3, 0.4) is 0 Å². The number of nitrogens with two attached hydrogens (primary N) is 1. The first-order chi connectivity index (χ1) is 11.9. The molecule has 2 aromatic heterocycles. The summed E-state index contributed by atoms with van der Waals surface area (Å²) in [5, 5.41) is 5.63. The van der Waals surface area contributed by atoms with E-state index in [0.717, 1.165) is 10.2 Å². The number of carbonyl (C=O) groups is 2. The van der Waals surface area contributed by atoms with Gasteiger partial charge in [-0.15, -0.1) is 11.3 Å². The van der Waals surface area contributed by atoms with Crippen molar-refractivity contribution in [2.24, 2.45) is 0 Å². The molecule has 0 saturated heterocycles. The van der Waals surface area contributed by atoms with Gasteiger partial charge in [0.1, 0.15) is 10.6 Å². The Kier molecular flexibility index (Phi) is 5.00. The number of nitrogen functional groups attached to an aromatic ring is 1. The first-order valence-electron chi connectivity index (χ1n) is 7.53. The number of aromatic nitrogens is 2. The first kappa shape index (κ1) is 17.4. The number of rotatable bonds is 5. The van der Waals surface area contributed by atoms with Crippen molar-refractivity contribution in [3.8, 4) is 0 Å². The molecule has 0 spiro atoms. The molecule has 3 aromatic rings. The zero-order valence-corrected chi connectivity index (χ0v) is 15.3. The molecule has 2 heterocycles. The van der Waals surface area contributed by atoms with Gasteiger partial charge in [0.25, 0.3) is 0 Å². The fourth-order valence-electron chi connectivity index (χ4n) is 2.15. The number of hydrogen-bond donors (Lipinski definition) is 2. The van der Waals surface area contributed by atoms with E-state index in [1.54, 1.807) is 31.2 Å². The lowest BCUT2D eigenvalue weighted by Crippen LogP contribution is -2.22. The number of hydrogen-bond acceptors (Lipinski definition) is 7. The molecule has 1 atom stereocenters. The Morgan fingerprint density at radius 2 is 1.92 bits per heavy atom. The summed E-state index contributed by atoms with van der Waals surface area (Å²) < 4.78 is 0. The molecule has 1 amide bonds. The van der Waals surface area contributed by atoms with E-state index < -0.39 is 5.25 Å². The number of fused-ring (bicyclic) bond motifs is 1. The highest BCUT2D eigenvalue weighted by molar-refractivity contribution is 8.00. The maximum absolute atomic E-state index is 12.4. The lowest BCUT2D eigenvalue weighted by atomic mass is 10.1. The van der Waals surface area contributed by atoms with Crippen molar-refractivity contribution in [1.29, 1.82) is 0 Å². The van der Waals surface area contributed by atoms with Gasteiger partial charge in [-0.3, -0.25) is 9.59 Å². The second-order valence-electron chi connectivity index (χ2n) is 5.41. The third kappa shape index (κ3) is 3.97. The molecule has 0 aliphatic carbocycles. The molecule has 0 unspecified atom stereocenters. The maximum Gasteiger partial charge on any atom is 0.237 e. The van der Waals surface area contributed by atoms with Crippen LogP contribution < -0.4 is 11.1 Å². The number of anilines is 2. The molecule has 3 rings (SSSR count). The van der Waals surface area contributed by atoms with Crippen LogP contribution in [0.15, 0.2) is 40.9 Å². The number of Topliss-reactive ketones (excluding diaryl/α,β-unsaturated/α-hetero) is 1. The van der Waals surface area contributed by atoms with Crippen molar-refractivity contribution in [2.45, 2.75) is 24.3 Å². The van der Waals surface area contributed by atoms with Crippen molar-refractivity contribution >= 4 is 56.5 Å². The monoisotopic (exact) mass is 372 g/mol. The lowest BCUT2D eigenvalue weighted by molar-refractivity contribution is -0.115. The Bertz CT molecular complexity index is 937. The Morgan fingerprint density at radius 3 is 2.60 bits per heavy atom. The van der Waals surface area contributed by atoms with E-state index in [2.05, 4.69) is 15.3 Å². The Morgan fingerprint density at radius 1 is 1.20 bits per heavy atom. The smallest absolute Gasteiger partial charge is 0.237 e. The quantitative estimate of drug-likeness (QED) is 0.403. The molecule has 0 radical (unpaired) electrons. The second kappa shape index (κ2) is 7.20. The largest absolute Gasteiger partial charge is 0.383 e. The van der Waals surface area contributed by atoms with Gasteiger partial charge < -0.3 is 11.1 Å². The number of ketones is 1. The predicted molar refractivity (Wildman–Crippen MR) is 102 cm³/mol. The number of nitrogens with zero attached hydrogens (tertiary/aromatic N) is 2. The van der Waals surface area contributed by atoms with Crippen LogP contribution in [0.4, 0.5) is 11.5 Å². The number of carbonyl (C=O) groups excluding carboxylic acids is 2. The van der Waals surface area contributed by atoms with E-state index in [-0.39, 0.29) is 11.7 Å². The van der Waals surface area contributed by atoms with Crippen molar-refractivity contribution in [3.05, 3.63) is 41.3 Å². The zero-order valence-electron chi connectivity index (χ0n) is 13.6. The number of amides is 1. The van der Waals surface area contributed by atoms with E-state index in [0.29, 0.717) is 22.2 Å². The average molecular weight is 372 g/mol. The molecule has 0 bridgehead atoms. The normalized spacial score (nSPS) is 12.1. The molecule has 0 saturated carbocycles. The third-order valence-corrected chi connectivity index (χ3v) is 5.31.